The number of carbonyl (C=O) groups excluding carboxylic acids is 1. The summed E-state index contributed by atoms with van der Waals surface area (Å²) >= 11 is 0. The van der Waals surface area contributed by atoms with E-state index in [0.29, 0.717) is 6.17 Å². The van der Waals surface area contributed by atoms with Crippen LogP contribution in [0.3, 0.4) is 0 Å². The van der Waals surface area contributed by atoms with Gasteiger partial charge in [-0.25, -0.2) is 0 Å². The van der Waals surface area contributed by atoms with Gasteiger partial charge in [-0.3, -0.25) is 9.28 Å². The molecular weight excluding hydrogens is 250 g/mol. The number of nitrogens with zero attached hydrogens (tertiary/aromatic N) is 1. The number of quaternary nitrogens is 1. The van der Waals surface area contributed by atoms with Crippen molar-refractivity contribution < 1.29 is 9.28 Å². The van der Waals surface area contributed by atoms with Crippen LogP contribution in [-0.2, 0) is 4.79 Å². The maximum Gasteiger partial charge on any atom is 0.217 e. The fraction of sp³-hybridized carbons (Fsp3) is 0.688. The smallest absolute Gasteiger partial charge is 0.217 e. The first-order chi connectivity index (χ1) is 9.64. The molecule has 4 nitrogen and oxygen atoms in total. The third kappa shape index (κ3) is 5.00. The third-order valence-corrected chi connectivity index (χ3v) is 4.02. The first-order valence-electron chi connectivity index (χ1n) is 7.84. The van der Waals surface area contributed by atoms with Gasteiger partial charge >= 0.3 is 0 Å². The molecule has 1 aliphatic rings. The van der Waals surface area contributed by atoms with Gasteiger partial charge in [0, 0.05) is 13.3 Å². The Balaban J connectivity index is 2.43. The summed E-state index contributed by atoms with van der Waals surface area (Å²) in [6.45, 7) is 8.70. The molecule has 2 atom stereocenters. The van der Waals surface area contributed by atoms with Gasteiger partial charge in [0.1, 0.15) is 12.7 Å². The zero-order valence-corrected chi connectivity index (χ0v) is 13.2. The topological polar surface area (TPSA) is 41.1 Å². The number of rotatable bonds is 9. The van der Waals surface area contributed by atoms with Crippen molar-refractivity contribution in [2.75, 3.05) is 19.6 Å². The fourth-order valence-electron chi connectivity index (χ4n) is 2.76. The molecule has 4 heteroatoms. The molecular formula is C16H30N3O+. The first kappa shape index (κ1) is 16.8. The van der Waals surface area contributed by atoms with E-state index in [1.165, 1.54) is 6.42 Å². The van der Waals surface area contributed by atoms with Gasteiger partial charge in [-0.1, -0.05) is 19.1 Å². The summed E-state index contributed by atoms with van der Waals surface area (Å²) < 4.78 is 0.928. The lowest BCUT2D eigenvalue weighted by Crippen LogP contribution is -2.55. The quantitative estimate of drug-likeness (QED) is 0.387. The molecule has 114 valence electrons. The summed E-state index contributed by atoms with van der Waals surface area (Å²) in [7, 11) is 0. The predicted octanol–water partition coefficient (Wildman–Crippen LogP) is 2.50. The molecule has 2 unspecified atom stereocenters. The summed E-state index contributed by atoms with van der Waals surface area (Å²) in [6.07, 6.45) is 13.9. The molecule has 20 heavy (non-hydrogen) atoms. The average Bonchev–Trinajstić information content (AvgIpc) is 2.82. The van der Waals surface area contributed by atoms with Crippen molar-refractivity contribution in [3.05, 3.63) is 24.6 Å². The van der Waals surface area contributed by atoms with Crippen LogP contribution in [0, 0.1) is 0 Å². The molecule has 1 rings (SSSR count). The largest absolute Gasteiger partial charge is 0.351 e. The predicted molar refractivity (Wildman–Crippen MR) is 83.7 cm³/mol. The maximum absolute atomic E-state index is 11.0. The van der Waals surface area contributed by atoms with Gasteiger partial charge in [-0.05, 0) is 26.2 Å². The van der Waals surface area contributed by atoms with Crippen LogP contribution < -0.4 is 10.6 Å². The summed E-state index contributed by atoms with van der Waals surface area (Å²) in [5.41, 5.74) is 0. The summed E-state index contributed by atoms with van der Waals surface area (Å²) in [6, 6.07) is 0. The van der Waals surface area contributed by atoms with Crippen LogP contribution in [-0.4, -0.2) is 36.2 Å². The Bertz CT molecular complexity index is 352. The number of amides is 1. The summed E-state index contributed by atoms with van der Waals surface area (Å²) in [4.78, 5) is 11.0. The summed E-state index contributed by atoms with van der Waals surface area (Å²) in [5.74, 6) is 0.0524. The van der Waals surface area contributed by atoms with E-state index < -0.39 is 0 Å². The molecule has 0 radical (unpaired) electrons. The van der Waals surface area contributed by atoms with Gasteiger partial charge in [-0.15, -0.1) is 0 Å². The minimum atomic E-state index is 0.0524. The van der Waals surface area contributed by atoms with Crippen molar-refractivity contribution in [3.63, 3.8) is 0 Å². The van der Waals surface area contributed by atoms with Crippen LogP contribution in [0.5, 0.6) is 0 Å². The number of carbonyl (C=O) groups is 1. The Morgan fingerprint density at radius 2 is 2.20 bits per heavy atom. The van der Waals surface area contributed by atoms with E-state index in [0.717, 1.165) is 43.4 Å². The van der Waals surface area contributed by atoms with Crippen molar-refractivity contribution >= 4 is 5.91 Å². The number of hydrogen-bond acceptors (Lipinski definition) is 2. The van der Waals surface area contributed by atoms with Crippen molar-refractivity contribution in [3.8, 4) is 0 Å². The number of hydrogen-bond donors (Lipinski definition) is 2. The molecule has 0 fully saturated rings. The third-order valence-electron chi connectivity index (χ3n) is 4.02. The lowest BCUT2D eigenvalue weighted by atomic mass is 10.1. The molecule has 0 bridgehead atoms. The zero-order chi connectivity index (χ0) is 14.8. The molecule has 0 aliphatic carbocycles. The van der Waals surface area contributed by atoms with Gasteiger partial charge < -0.3 is 10.6 Å². The van der Waals surface area contributed by atoms with Gasteiger partial charge in [0.2, 0.25) is 5.91 Å². The number of unbranched alkanes of at least 4 members (excludes halogenated alkanes) is 1. The van der Waals surface area contributed by atoms with E-state index in [1.807, 2.05) is 0 Å². The van der Waals surface area contributed by atoms with Crippen molar-refractivity contribution in [2.45, 2.75) is 52.6 Å². The van der Waals surface area contributed by atoms with Crippen LogP contribution in [0.25, 0.3) is 0 Å². The highest BCUT2D eigenvalue weighted by Gasteiger charge is 2.35. The molecule has 2 N–H and O–H groups in total. The number of nitrogens with one attached hydrogen (secondary N) is 2. The van der Waals surface area contributed by atoms with E-state index in [2.05, 4.69) is 49.0 Å². The standard InChI is InChI=1S/C16H29N3O/c1-4-6-7-8-9-10-16-18-12-14-19(16,5-2)13-11-17-15(3)20/h6-7,12,14,16,18H,4-5,8-11,13H2,1-3H3/p+1/b7-6+. The van der Waals surface area contributed by atoms with E-state index >= 15 is 0 Å². The lowest BCUT2D eigenvalue weighted by molar-refractivity contribution is -0.898. The molecule has 0 saturated heterocycles. The highest BCUT2D eigenvalue weighted by atomic mass is 16.1. The monoisotopic (exact) mass is 280 g/mol. The lowest BCUT2D eigenvalue weighted by Gasteiger charge is -2.37. The number of allylic oxidation sites excluding steroid dienone is 2. The molecule has 0 saturated carbocycles. The first-order valence-corrected chi connectivity index (χ1v) is 7.84. The second-order valence-electron chi connectivity index (χ2n) is 5.43. The minimum absolute atomic E-state index is 0.0524. The van der Waals surface area contributed by atoms with Gasteiger partial charge in [0.15, 0.2) is 6.17 Å². The van der Waals surface area contributed by atoms with E-state index in [1.54, 1.807) is 6.92 Å². The van der Waals surface area contributed by atoms with Gasteiger partial charge in [0.05, 0.1) is 19.3 Å². The van der Waals surface area contributed by atoms with Crippen molar-refractivity contribution in [1.82, 2.24) is 10.6 Å². The Morgan fingerprint density at radius 3 is 2.85 bits per heavy atom. The van der Waals surface area contributed by atoms with Crippen LogP contribution >= 0.6 is 0 Å². The van der Waals surface area contributed by atoms with Crippen LogP contribution in [0.1, 0.15) is 46.5 Å². The highest BCUT2D eigenvalue weighted by Crippen LogP contribution is 2.22. The Labute approximate surface area is 123 Å². The second kappa shape index (κ2) is 8.80. The minimum Gasteiger partial charge on any atom is -0.351 e. The fourth-order valence-corrected chi connectivity index (χ4v) is 2.76. The van der Waals surface area contributed by atoms with Crippen LogP contribution in [0.2, 0.25) is 0 Å². The van der Waals surface area contributed by atoms with Gasteiger partial charge in [-0.2, -0.15) is 0 Å². The summed E-state index contributed by atoms with van der Waals surface area (Å²) in [5, 5.41) is 6.39. The Kier molecular flexibility index (Phi) is 7.37. The van der Waals surface area contributed by atoms with Crippen LogP contribution in [0.15, 0.2) is 24.6 Å². The molecule has 0 aromatic heterocycles. The molecule has 0 aromatic rings. The number of likely N-dealkylation sites (N-methyl/N-ethyl adjacent to an activating group) is 1. The van der Waals surface area contributed by atoms with E-state index in [4.69, 9.17) is 0 Å². The van der Waals surface area contributed by atoms with Crippen molar-refractivity contribution in [1.29, 1.82) is 0 Å². The molecule has 0 spiro atoms. The van der Waals surface area contributed by atoms with Crippen molar-refractivity contribution in [2.24, 2.45) is 0 Å². The zero-order valence-electron chi connectivity index (χ0n) is 13.2. The second-order valence-corrected chi connectivity index (χ2v) is 5.43. The van der Waals surface area contributed by atoms with Gasteiger partial charge in [0.25, 0.3) is 0 Å². The molecule has 0 aromatic carbocycles. The molecule has 1 amide bonds. The van der Waals surface area contributed by atoms with Crippen LogP contribution in [0.4, 0.5) is 0 Å². The average molecular weight is 280 g/mol. The Hall–Kier alpha value is -1.29. The normalized spacial score (nSPS) is 25.1. The highest BCUT2D eigenvalue weighted by molar-refractivity contribution is 5.72. The SMILES string of the molecule is CC/C=C/CCCC1NC=C[N+]1(CC)CCNC(C)=O. The van der Waals surface area contributed by atoms with E-state index in [-0.39, 0.29) is 5.91 Å². The molecule has 1 aliphatic heterocycles. The Morgan fingerprint density at radius 1 is 1.40 bits per heavy atom. The maximum atomic E-state index is 11.0. The van der Waals surface area contributed by atoms with E-state index in [9.17, 15) is 4.79 Å². The molecule has 1 heterocycles.